The minimum Gasteiger partial charge on any atom is -0.497 e. The minimum atomic E-state index is -0.418. The van der Waals surface area contributed by atoms with Gasteiger partial charge >= 0.3 is 5.97 Å². The summed E-state index contributed by atoms with van der Waals surface area (Å²) in [5, 5.41) is 6.01. The number of anilines is 2. The van der Waals surface area contributed by atoms with Gasteiger partial charge in [-0.05, 0) is 42.0 Å². The van der Waals surface area contributed by atoms with Crippen molar-refractivity contribution in [2.24, 2.45) is 0 Å². The molecule has 0 aliphatic carbocycles. The number of benzene rings is 2. The Bertz CT molecular complexity index is 1000. The molecule has 3 aromatic rings. The molecule has 0 bridgehead atoms. The molecule has 2 aromatic carbocycles. The molecule has 1 heterocycles. The number of esters is 1. The van der Waals surface area contributed by atoms with Crippen molar-refractivity contribution in [2.45, 2.75) is 6.54 Å². The lowest BCUT2D eigenvalue weighted by molar-refractivity contribution is 0.0600. The fraction of sp³-hybridized carbons (Fsp3) is 0.136. The SMILES string of the molecule is COC(=O)c1cccc(Nc2cncc(C(=O)NCc3ccc(OC)cc3)c2)c1. The molecule has 0 unspecified atom stereocenters. The molecule has 0 saturated carbocycles. The first-order valence-corrected chi connectivity index (χ1v) is 8.90. The van der Waals surface area contributed by atoms with Crippen molar-refractivity contribution in [1.82, 2.24) is 10.3 Å². The van der Waals surface area contributed by atoms with Gasteiger partial charge in [0.1, 0.15) is 5.75 Å². The van der Waals surface area contributed by atoms with Gasteiger partial charge in [-0.3, -0.25) is 9.78 Å². The molecule has 0 atom stereocenters. The van der Waals surface area contributed by atoms with Gasteiger partial charge in [-0.1, -0.05) is 18.2 Å². The number of pyridine rings is 1. The second kappa shape index (κ2) is 9.36. The van der Waals surface area contributed by atoms with Gasteiger partial charge in [0.25, 0.3) is 5.91 Å². The van der Waals surface area contributed by atoms with Crippen molar-refractivity contribution in [3.63, 3.8) is 0 Å². The van der Waals surface area contributed by atoms with Crippen LogP contribution >= 0.6 is 0 Å². The van der Waals surface area contributed by atoms with E-state index in [9.17, 15) is 9.59 Å². The lowest BCUT2D eigenvalue weighted by atomic mass is 10.2. The van der Waals surface area contributed by atoms with Gasteiger partial charge in [-0.25, -0.2) is 4.79 Å². The molecule has 0 aliphatic rings. The van der Waals surface area contributed by atoms with E-state index in [1.54, 1.807) is 37.6 Å². The molecule has 148 valence electrons. The molecule has 0 fully saturated rings. The summed E-state index contributed by atoms with van der Waals surface area (Å²) in [7, 11) is 2.94. The summed E-state index contributed by atoms with van der Waals surface area (Å²) < 4.78 is 9.85. The van der Waals surface area contributed by atoms with Crippen molar-refractivity contribution in [3.8, 4) is 5.75 Å². The van der Waals surface area contributed by atoms with Crippen molar-refractivity contribution in [2.75, 3.05) is 19.5 Å². The van der Waals surface area contributed by atoms with Gasteiger partial charge in [0.15, 0.2) is 0 Å². The number of ether oxygens (including phenoxy) is 2. The highest BCUT2D eigenvalue weighted by molar-refractivity contribution is 5.95. The van der Waals surface area contributed by atoms with Crippen LogP contribution in [-0.4, -0.2) is 31.1 Å². The molecule has 1 amide bonds. The topological polar surface area (TPSA) is 89.5 Å². The maximum Gasteiger partial charge on any atom is 0.337 e. The third-order valence-corrected chi connectivity index (χ3v) is 4.18. The van der Waals surface area contributed by atoms with Crippen LogP contribution in [0.5, 0.6) is 5.75 Å². The van der Waals surface area contributed by atoms with Crippen LogP contribution in [0.15, 0.2) is 67.0 Å². The summed E-state index contributed by atoms with van der Waals surface area (Å²) in [6.45, 7) is 0.391. The normalized spacial score (nSPS) is 10.1. The molecule has 1 aromatic heterocycles. The number of carbonyl (C=O) groups excluding carboxylic acids is 2. The van der Waals surface area contributed by atoms with E-state index in [4.69, 9.17) is 9.47 Å². The Morgan fingerprint density at radius 2 is 1.69 bits per heavy atom. The number of hydrogen-bond acceptors (Lipinski definition) is 6. The monoisotopic (exact) mass is 391 g/mol. The number of aromatic nitrogens is 1. The highest BCUT2D eigenvalue weighted by Crippen LogP contribution is 2.19. The molecule has 7 heteroatoms. The molecule has 0 saturated heterocycles. The fourth-order valence-corrected chi connectivity index (χ4v) is 2.67. The lowest BCUT2D eigenvalue weighted by Crippen LogP contribution is -2.23. The first kappa shape index (κ1) is 19.9. The van der Waals surface area contributed by atoms with E-state index in [0.29, 0.717) is 29.0 Å². The quantitative estimate of drug-likeness (QED) is 0.599. The van der Waals surface area contributed by atoms with E-state index >= 15 is 0 Å². The van der Waals surface area contributed by atoms with E-state index in [-0.39, 0.29) is 5.91 Å². The summed E-state index contributed by atoms with van der Waals surface area (Å²) in [6, 6.07) is 16.1. The highest BCUT2D eigenvalue weighted by atomic mass is 16.5. The lowest BCUT2D eigenvalue weighted by Gasteiger charge is -2.10. The number of hydrogen-bond donors (Lipinski definition) is 2. The second-order valence-corrected chi connectivity index (χ2v) is 6.19. The van der Waals surface area contributed by atoms with Gasteiger partial charge in [-0.2, -0.15) is 0 Å². The number of carbonyl (C=O) groups is 2. The molecule has 29 heavy (non-hydrogen) atoms. The Morgan fingerprint density at radius 1 is 0.931 bits per heavy atom. The molecule has 0 spiro atoms. The number of nitrogens with zero attached hydrogens (tertiary/aromatic N) is 1. The summed E-state index contributed by atoms with van der Waals surface area (Å²) in [5.41, 5.74) is 3.13. The smallest absolute Gasteiger partial charge is 0.337 e. The van der Waals surface area contributed by atoms with Crippen molar-refractivity contribution in [3.05, 3.63) is 83.7 Å². The predicted molar refractivity (Wildman–Crippen MR) is 109 cm³/mol. The van der Waals surface area contributed by atoms with Gasteiger partial charge < -0.3 is 20.1 Å². The van der Waals surface area contributed by atoms with Crippen LogP contribution in [0, 0.1) is 0 Å². The minimum absolute atomic E-state index is 0.236. The largest absolute Gasteiger partial charge is 0.497 e. The van der Waals surface area contributed by atoms with Crippen molar-refractivity contribution < 1.29 is 19.1 Å². The zero-order valence-corrected chi connectivity index (χ0v) is 16.1. The van der Waals surface area contributed by atoms with E-state index in [1.807, 2.05) is 30.3 Å². The molecular weight excluding hydrogens is 370 g/mol. The van der Waals surface area contributed by atoms with Crippen LogP contribution < -0.4 is 15.4 Å². The first-order chi connectivity index (χ1) is 14.1. The van der Waals surface area contributed by atoms with Gasteiger partial charge in [0.2, 0.25) is 0 Å². The number of rotatable bonds is 7. The van der Waals surface area contributed by atoms with Crippen LogP contribution in [0.4, 0.5) is 11.4 Å². The van der Waals surface area contributed by atoms with Crippen molar-refractivity contribution >= 4 is 23.3 Å². The van der Waals surface area contributed by atoms with Crippen LogP contribution in [-0.2, 0) is 11.3 Å². The summed E-state index contributed by atoms with van der Waals surface area (Å²) >= 11 is 0. The Hall–Kier alpha value is -3.87. The van der Waals surface area contributed by atoms with Crippen molar-refractivity contribution in [1.29, 1.82) is 0 Å². The number of methoxy groups -OCH3 is 2. The zero-order chi connectivity index (χ0) is 20.6. The predicted octanol–water partition coefficient (Wildman–Crippen LogP) is 3.55. The molecule has 7 nitrogen and oxygen atoms in total. The Kier molecular flexibility index (Phi) is 6.42. The Balaban J connectivity index is 1.65. The molecule has 3 rings (SSSR count). The van der Waals surface area contributed by atoms with Crippen LogP contribution in [0.3, 0.4) is 0 Å². The molecule has 2 N–H and O–H groups in total. The maximum atomic E-state index is 12.5. The summed E-state index contributed by atoms with van der Waals surface area (Å²) in [5.74, 6) is 0.109. The van der Waals surface area contributed by atoms with E-state index in [2.05, 4.69) is 15.6 Å². The third kappa shape index (κ3) is 5.32. The first-order valence-electron chi connectivity index (χ1n) is 8.90. The Labute approximate surface area is 168 Å². The van der Waals surface area contributed by atoms with Gasteiger partial charge in [0.05, 0.1) is 37.2 Å². The van der Waals surface area contributed by atoms with Crippen LogP contribution in [0.1, 0.15) is 26.3 Å². The average molecular weight is 391 g/mol. The van der Waals surface area contributed by atoms with Crippen LogP contribution in [0.2, 0.25) is 0 Å². The number of amides is 1. The summed E-state index contributed by atoms with van der Waals surface area (Å²) in [4.78, 5) is 28.2. The van der Waals surface area contributed by atoms with E-state index in [1.165, 1.54) is 13.3 Å². The highest BCUT2D eigenvalue weighted by Gasteiger charge is 2.09. The number of nitrogens with one attached hydrogen (secondary N) is 2. The average Bonchev–Trinajstić information content (AvgIpc) is 2.77. The fourth-order valence-electron chi connectivity index (χ4n) is 2.67. The standard InChI is InChI=1S/C22H21N3O4/c1-28-20-8-6-15(7-9-20)12-24-21(26)17-11-19(14-23-13-17)25-18-5-3-4-16(10-18)22(27)29-2/h3-11,13-14,25H,12H2,1-2H3,(H,24,26). The Morgan fingerprint density at radius 3 is 2.41 bits per heavy atom. The molecular formula is C22H21N3O4. The third-order valence-electron chi connectivity index (χ3n) is 4.18. The summed E-state index contributed by atoms with van der Waals surface area (Å²) in [6.07, 6.45) is 3.10. The van der Waals surface area contributed by atoms with Gasteiger partial charge in [0, 0.05) is 18.4 Å². The zero-order valence-electron chi connectivity index (χ0n) is 16.1. The van der Waals surface area contributed by atoms with E-state index in [0.717, 1.165) is 11.3 Å². The van der Waals surface area contributed by atoms with Crippen LogP contribution in [0.25, 0.3) is 0 Å². The maximum absolute atomic E-state index is 12.5. The molecule has 0 radical (unpaired) electrons. The molecule has 0 aliphatic heterocycles. The second-order valence-electron chi connectivity index (χ2n) is 6.19. The van der Waals surface area contributed by atoms with E-state index < -0.39 is 5.97 Å². The van der Waals surface area contributed by atoms with Gasteiger partial charge in [-0.15, -0.1) is 0 Å².